The molecule has 0 aliphatic carbocycles. The molecular formula is C16H14N2O5. The molecule has 0 aliphatic rings. The fourth-order valence-electron chi connectivity index (χ4n) is 1.76. The highest BCUT2D eigenvalue weighted by atomic mass is 16.5. The zero-order chi connectivity index (χ0) is 16.7. The minimum atomic E-state index is -1.07. The minimum Gasteiger partial charge on any atom is -0.481 e. The number of ether oxygens (including phenoxy) is 1. The summed E-state index contributed by atoms with van der Waals surface area (Å²) in [7, 11) is 0. The van der Waals surface area contributed by atoms with E-state index in [0.717, 1.165) is 0 Å². The van der Waals surface area contributed by atoms with E-state index in [1.807, 2.05) is 0 Å². The number of para-hydroxylation sites is 1. The Balaban J connectivity index is 2.07. The van der Waals surface area contributed by atoms with Crippen molar-refractivity contribution in [3.05, 3.63) is 59.7 Å². The van der Waals surface area contributed by atoms with Crippen LogP contribution >= 0.6 is 0 Å². The molecule has 7 heteroatoms. The average Bonchev–Trinajstić information content (AvgIpc) is 2.54. The predicted octanol–water partition coefficient (Wildman–Crippen LogP) is 2.29. The number of hydrogen-bond acceptors (Lipinski definition) is 5. The SMILES string of the molecule is O=C(O)COc1ccccc1C=NNc1cccc(C(=O)O)c1. The van der Waals surface area contributed by atoms with Crippen LogP contribution in [0.2, 0.25) is 0 Å². The number of carboxylic acids is 2. The third kappa shape index (κ3) is 4.85. The Morgan fingerprint density at radius 3 is 2.65 bits per heavy atom. The van der Waals surface area contributed by atoms with Crippen LogP contribution in [0.5, 0.6) is 5.75 Å². The molecule has 3 N–H and O–H groups in total. The summed E-state index contributed by atoms with van der Waals surface area (Å²) in [4.78, 5) is 21.4. The highest BCUT2D eigenvalue weighted by Crippen LogP contribution is 2.16. The van der Waals surface area contributed by atoms with E-state index < -0.39 is 18.5 Å². The fourth-order valence-corrected chi connectivity index (χ4v) is 1.76. The van der Waals surface area contributed by atoms with Gasteiger partial charge in [-0.1, -0.05) is 18.2 Å². The summed E-state index contributed by atoms with van der Waals surface area (Å²) in [6, 6.07) is 13.0. The molecule has 0 aromatic heterocycles. The molecule has 118 valence electrons. The number of nitrogens with one attached hydrogen (secondary N) is 1. The Kier molecular flexibility index (Phi) is 5.30. The highest BCUT2D eigenvalue weighted by Gasteiger charge is 2.04. The first-order chi connectivity index (χ1) is 11.1. The van der Waals surface area contributed by atoms with Gasteiger partial charge >= 0.3 is 11.9 Å². The van der Waals surface area contributed by atoms with Crippen LogP contribution in [-0.2, 0) is 4.79 Å². The Bertz CT molecular complexity index is 743. The third-order valence-electron chi connectivity index (χ3n) is 2.78. The van der Waals surface area contributed by atoms with Crippen LogP contribution in [0.4, 0.5) is 5.69 Å². The Hall–Kier alpha value is -3.35. The average molecular weight is 314 g/mol. The molecule has 7 nitrogen and oxygen atoms in total. The van der Waals surface area contributed by atoms with Gasteiger partial charge in [0, 0.05) is 5.56 Å². The van der Waals surface area contributed by atoms with E-state index >= 15 is 0 Å². The van der Waals surface area contributed by atoms with Crippen LogP contribution in [-0.4, -0.2) is 35.0 Å². The Morgan fingerprint density at radius 1 is 1.13 bits per heavy atom. The summed E-state index contributed by atoms with van der Waals surface area (Å²) >= 11 is 0. The number of carbonyl (C=O) groups is 2. The Labute approximate surface area is 131 Å². The van der Waals surface area contributed by atoms with Crippen molar-refractivity contribution in [2.45, 2.75) is 0 Å². The van der Waals surface area contributed by atoms with Crippen LogP contribution in [0, 0.1) is 0 Å². The second kappa shape index (κ2) is 7.60. The van der Waals surface area contributed by atoms with Crippen molar-refractivity contribution in [3.8, 4) is 5.75 Å². The van der Waals surface area contributed by atoms with Crippen LogP contribution in [0.15, 0.2) is 53.6 Å². The lowest BCUT2D eigenvalue weighted by atomic mass is 10.2. The minimum absolute atomic E-state index is 0.149. The molecule has 0 spiro atoms. The third-order valence-corrected chi connectivity index (χ3v) is 2.78. The number of hydrazone groups is 1. The lowest BCUT2D eigenvalue weighted by Gasteiger charge is -2.06. The molecule has 23 heavy (non-hydrogen) atoms. The van der Waals surface area contributed by atoms with Gasteiger partial charge in [-0.3, -0.25) is 5.43 Å². The molecule has 0 bridgehead atoms. The number of nitrogens with zero attached hydrogens (tertiary/aromatic N) is 1. The van der Waals surface area contributed by atoms with Gasteiger partial charge in [0.2, 0.25) is 0 Å². The molecule has 0 aliphatic heterocycles. The molecule has 0 unspecified atom stereocenters. The van der Waals surface area contributed by atoms with Crippen molar-refractivity contribution < 1.29 is 24.5 Å². The largest absolute Gasteiger partial charge is 0.481 e. The molecule has 0 fully saturated rings. The van der Waals surface area contributed by atoms with Crippen LogP contribution in [0.25, 0.3) is 0 Å². The van der Waals surface area contributed by atoms with Gasteiger partial charge in [0.25, 0.3) is 0 Å². The second-order valence-corrected chi connectivity index (χ2v) is 4.48. The van der Waals surface area contributed by atoms with E-state index in [9.17, 15) is 9.59 Å². The molecule has 2 aromatic rings. The van der Waals surface area contributed by atoms with Crippen LogP contribution in [0.3, 0.4) is 0 Å². The topological polar surface area (TPSA) is 108 Å². The van der Waals surface area contributed by atoms with Crippen LogP contribution < -0.4 is 10.2 Å². The van der Waals surface area contributed by atoms with E-state index in [-0.39, 0.29) is 5.56 Å². The van der Waals surface area contributed by atoms with Gasteiger partial charge in [0.05, 0.1) is 17.5 Å². The molecule has 2 rings (SSSR count). The van der Waals surface area contributed by atoms with Crippen molar-refractivity contribution >= 4 is 23.8 Å². The summed E-state index contributed by atoms with van der Waals surface area (Å²) < 4.78 is 5.16. The van der Waals surface area contributed by atoms with Crippen molar-refractivity contribution in [1.29, 1.82) is 0 Å². The van der Waals surface area contributed by atoms with E-state index in [2.05, 4.69) is 10.5 Å². The second-order valence-electron chi connectivity index (χ2n) is 4.48. The highest BCUT2D eigenvalue weighted by molar-refractivity contribution is 5.89. The van der Waals surface area contributed by atoms with Gasteiger partial charge in [0.1, 0.15) is 5.75 Å². The predicted molar refractivity (Wildman–Crippen MR) is 84.2 cm³/mol. The lowest BCUT2D eigenvalue weighted by Crippen LogP contribution is -2.10. The first kappa shape index (κ1) is 16.0. The van der Waals surface area contributed by atoms with Gasteiger partial charge in [-0.2, -0.15) is 5.10 Å². The zero-order valence-corrected chi connectivity index (χ0v) is 12.0. The molecule has 2 aromatic carbocycles. The van der Waals surface area contributed by atoms with Gasteiger partial charge in [-0.15, -0.1) is 0 Å². The van der Waals surface area contributed by atoms with E-state index in [1.54, 1.807) is 36.4 Å². The van der Waals surface area contributed by atoms with E-state index in [4.69, 9.17) is 14.9 Å². The first-order valence-corrected chi connectivity index (χ1v) is 6.62. The maximum atomic E-state index is 10.9. The number of aliphatic carboxylic acids is 1. The number of carboxylic acid groups (broad SMARTS) is 2. The van der Waals surface area contributed by atoms with Crippen molar-refractivity contribution in [2.24, 2.45) is 5.10 Å². The fraction of sp³-hybridized carbons (Fsp3) is 0.0625. The smallest absolute Gasteiger partial charge is 0.341 e. The quantitative estimate of drug-likeness (QED) is 0.534. The van der Waals surface area contributed by atoms with Crippen molar-refractivity contribution in [2.75, 3.05) is 12.0 Å². The number of hydrogen-bond donors (Lipinski definition) is 3. The summed E-state index contributed by atoms with van der Waals surface area (Å²) in [6.07, 6.45) is 1.46. The lowest BCUT2D eigenvalue weighted by molar-refractivity contribution is -0.139. The summed E-state index contributed by atoms with van der Waals surface area (Å²) in [5.41, 5.74) is 3.98. The number of benzene rings is 2. The summed E-state index contributed by atoms with van der Waals surface area (Å²) in [5.74, 6) is -1.70. The van der Waals surface area contributed by atoms with Gasteiger partial charge in [-0.25, -0.2) is 9.59 Å². The molecule has 0 saturated carbocycles. The maximum absolute atomic E-state index is 10.9. The van der Waals surface area contributed by atoms with Crippen molar-refractivity contribution in [3.63, 3.8) is 0 Å². The monoisotopic (exact) mass is 314 g/mol. The molecule has 0 saturated heterocycles. The van der Waals surface area contributed by atoms with E-state index in [0.29, 0.717) is 17.0 Å². The molecule has 0 atom stereocenters. The van der Waals surface area contributed by atoms with Crippen LogP contribution in [0.1, 0.15) is 15.9 Å². The normalized spacial score (nSPS) is 10.4. The van der Waals surface area contributed by atoms with Crippen molar-refractivity contribution in [1.82, 2.24) is 0 Å². The standard InChI is InChI=1S/C16H14N2O5/c19-15(20)10-23-14-7-2-1-4-12(14)9-17-18-13-6-3-5-11(8-13)16(21)22/h1-9,18H,10H2,(H,19,20)(H,21,22). The summed E-state index contributed by atoms with van der Waals surface area (Å²) in [5, 5.41) is 21.6. The van der Waals surface area contributed by atoms with Gasteiger partial charge in [0.15, 0.2) is 6.61 Å². The van der Waals surface area contributed by atoms with E-state index in [1.165, 1.54) is 18.3 Å². The number of rotatable bonds is 7. The van der Waals surface area contributed by atoms with Gasteiger partial charge < -0.3 is 14.9 Å². The number of anilines is 1. The number of aromatic carboxylic acids is 1. The zero-order valence-electron chi connectivity index (χ0n) is 12.0. The first-order valence-electron chi connectivity index (χ1n) is 6.62. The summed E-state index contributed by atoms with van der Waals surface area (Å²) in [6.45, 7) is -0.445. The maximum Gasteiger partial charge on any atom is 0.341 e. The van der Waals surface area contributed by atoms with Gasteiger partial charge in [-0.05, 0) is 30.3 Å². The molecular weight excluding hydrogens is 300 g/mol. The molecule has 0 heterocycles. The molecule has 0 amide bonds. The molecule has 0 radical (unpaired) electrons. The Morgan fingerprint density at radius 2 is 1.91 bits per heavy atom.